The van der Waals surface area contributed by atoms with E-state index in [1.165, 1.54) is 11.4 Å². The van der Waals surface area contributed by atoms with Crippen molar-refractivity contribution >= 4 is 21.9 Å². The molecule has 4 rings (SSSR count). The zero-order valence-corrected chi connectivity index (χ0v) is 19.8. The molecule has 0 radical (unpaired) electrons. The summed E-state index contributed by atoms with van der Waals surface area (Å²) in [6.07, 6.45) is 1.62. The molecule has 1 atom stereocenters. The number of esters is 1. The summed E-state index contributed by atoms with van der Waals surface area (Å²) < 4.78 is 42.1. The van der Waals surface area contributed by atoms with E-state index in [0.29, 0.717) is 22.6 Å². The molecule has 0 amide bonds. The maximum absolute atomic E-state index is 13.8. The molecule has 0 fully saturated rings. The van der Waals surface area contributed by atoms with Crippen molar-refractivity contribution in [3.63, 3.8) is 0 Å². The average molecular weight is 479 g/mol. The first kappa shape index (κ1) is 23.5. The highest BCUT2D eigenvalue weighted by Gasteiger charge is 2.50. The summed E-state index contributed by atoms with van der Waals surface area (Å²) in [5, 5.41) is 0. The molecule has 1 N–H and O–H groups in total. The van der Waals surface area contributed by atoms with Crippen LogP contribution >= 0.6 is 0 Å². The lowest BCUT2D eigenvalue weighted by Crippen LogP contribution is -2.58. The first-order valence-corrected chi connectivity index (χ1v) is 12.3. The number of carbonyl (C=O) groups excluding carboxylic acids is 1. The second kappa shape index (κ2) is 9.70. The number of ether oxygens (including phenoxy) is 2. The van der Waals surface area contributed by atoms with Crippen molar-refractivity contribution in [2.45, 2.75) is 19.0 Å². The van der Waals surface area contributed by atoms with E-state index in [9.17, 15) is 13.2 Å². The highest BCUT2D eigenvalue weighted by molar-refractivity contribution is 7.87. The van der Waals surface area contributed by atoms with Gasteiger partial charge in [-0.25, -0.2) is 4.79 Å². The highest BCUT2D eigenvalue weighted by atomic mass is 32.2. The molecule has 7 nitrogen and oxygen atoms in total. The first-order chi connectivity index (χ1) is 16.4. The van der Waals surface area contributed by atoms with Crippen molar-refractivity contribution in [2.24, 2.45) is 0 Å². The molecule has 0 saturated carbocycles. The highest BCUT2D eigenvalue weighted by Crippen LogP contribution is 2.38. The van der Waals surface area contributed by atoms with Gasteiger partial charge in [-0.1, -0.05) is 72.8 Å². The van der Waals surface area contributed by atoms with Crippen molar-refractivity contribution in [3.8, 4) is 5.75 Å². The summed E-state index contributed by atoms with van der Waals surface area (Å²) in [5.74, 6) is -0.235. The van der Waals surface area contributed by atoms with E-state index in [0.717, 1.165) is 5.56 Å². The minimum atomic E-state index is -4.18. The van der Waals surface area contributed by atoms with Gasteiger partial charge in [0.15, 0.2) is 5.54 Å². The maximum Gasteiger partial charge on any atom is 0.336 e. The molecule has 1 aliphatic heterocycles. The normalized spacial score (nSPS) is 19.2. The maximum atomic E-state index is 13.8. The van der Waals surface area contributed by atoms with Gasteiger partial charge in [0.25, 0.3) is 0 Å². The Bertz CT molecular complexity index is 1290. The van der Waals surface area contributed by atoms with Gasteiger partial charge in [0, 0.05) is 0 Å². The van der Waals surface area contributed by atoms with Gasteiger partial charge in [0.1, 0.15) is 5.75 Å². The lowest BCUT2D eigenvalue weighted by atomic mass is 9.88. The van der Waals surface area contributed by atoms with Gasteiger partial charge in [0.05, 0.1) is 26.0 Å². The van der Waals surface area contributed by atoms with Gasteiger partial charge >= 0.3 is 16.2 Å². The molecule has 34 heavy (non-hydrogen) atoms. The Labute approximate surface area is 199 Å². The Morgan fingerprint density at radius 1 is 0.971 bits per heavy atom. The number of hydrogen-bond donors (Lipinski definition) is 1. The fraction of sp³-hybridized carbons (Fsp3) is 0.192. The van der Waals surface area contributed by atoms with Crippen LogP contribution in [0.25, 0.3) is 5.70 Å². The van der Waals surface area contributed by atoms with Gasteiger partial charge in [-0.3, -0.25) is 4.31 Å². The van der Waals surface area contributed by atoms with E-state index in [4.69, 9.17) is 9.47 Å². The Morgan fingerprint density at radius 2 is 1.65 bits per heavy atom. The SMILES string of the molecule is CCOC(=O)[C@@]1(c2cccc(OC)c2)C=C(c2ccccc2)N(Cc2ccccc2)S(=O)(=O)N1. The lowest BCUT2D eigenvalue weighted by molar-refractivity contribution is -0.148. The van der Waals surface area contributed by atoms with E-state index in [1.807, 2.05) is 60.7 Å². The summed E-state index contributed by atoms with van der Waals surface area (Å²) in [5.41, 5.74) is 0.447. The van der Waals surface area contributed by atoms with E-state index >= 15 is 0 Å². The van der Waals surface area contributed by atoms with Crippen molar-refractivity contribution in [2.75, 3.05) is 13.7 Å². The smallest absolute Gasteiger partial charge is 0.336 e. The summed E-state index contributed by atoms with van der Waals surface area (Å²) in [6.45, 7) is 1.86. The first-order valence-electron chi connectivity index (χ1n) is 10.8. The summed E-state index contributed by atoms with van der Waals surface area (Å²) in [4.78, 5) is 13.4. The van der Waals surface area contributed by atoms with Gasteiger partial charge in [-0.15, -0.1) is 0 Å². The number of hydrogen-bond acceptors (Lipinski definition) is 5. The Kier molecular flexibility index (Phi) is 6.72. The summed E-state index contributed by atoms with van der Waals surface area (Å²) in [7, 11) is -2.68. The molecular weight excluding hydrogens is 452 g/mol. The van der Waals surface area contributed by atoms with Crippen LogP contribution in [0.4, 0.5) is 0 Å². The van der Waals surface area contributed by atoms with Gasteiger partial charge in [-0.05, 0) is 41.8 Å². The molecule has 0 unspecified atom stereocenters. The summed E-state index contributed by atoms with van der Waals surface area (Å²) >= 11 is 0. The zero-order chi connectivity index (χ0) is 24.2. The summed E-state index contributed by atoms with van der Waals surface area (Å²) in [6, 6.07) is 25.1. The lowest BCUT2D eigenvalue weighted by Gasteiger charge is -2.40. The molecule has 0 bridgehead atoms. The van der Waals surface area contributed by atoms with Crippen LogP contribution in [0, 0.1) is 0 Å². The fourth-order valence-electron chi connectivity index (χ4n) is 3.92. The second-order valence-corrected chi connectivity index (χ2v) is 9.35. The van der Waals surface area contributed by atoms with Gasteiger partial charge in [-0.2, -0.15) is 13.1 Å². The minimum absolute atomic E-state index is 0.0912. The number of nitrogens with one attached hydrogen (secondary N) is 1. The molecule has 3 aromatic carbocycles. The Morgan fingerprint density at radius 3 is 2.29 bits per heavy atom. The molecule has 8 heteroatoms. The van der Waals surface area contributed by atoms with Crippen LogP contribution in [0.3, 0.4) is 0 Å². The average Bonchev–Trinajstić information content (AvgIpc) is 2.86. The van der Waals surface area contributed by atoms with E-state index in [2.05, 4.69) is 4.72 Å². The fourth-order valence-corrected chi connectivity index (χ4v) is 5.44. The molecule has 176 valence electrons. The van der Waals surface area contributed by atoms with Gasteiger partial charge < -0.3 is 9.47 Å². The molecule has 0 spiro atoms. The van der Waals surface area contributed by atoms with E-state index in [1.54, 1.807) is 37.3 Å². The van der Waals surface area contributed by atoms with Crippen LogP contribution in [0.2, 0.25) is 0 Å². The Balaban J connectivity index is 1.97. The van der Waals surface area contributed by atoms with Crippen LogP contribution in [0.15, 0.2) is 91.0 Å². The third kappa shape index (κ3) is 4.55. The van der Waals surface area contributed by atoms with Crippen molar-refractivity contribution in [3.05, 3.63) is 108 Å². The predicted octanol–water partition coefficient (Wildman–Crippen LogP) is 3.84. The zero-order valence-electron chi connectivity index (χ0n) is 19.0. The van der Waals surface area contributed by atoms with Crippen LogP contribution in [-0.4, -0.2) is 32.4 Å². The molecular formula is C26H26N2O5S. The number of rotatable bonds is 7. The number of carbonyl (C=O) groups is 1. The quantitative estimate of drug-likeness (QED) is 0.522. The second-order valence-electron chi connectivity index (χ2n) is 7.76. The van der Waals surface area contributed by atoms with Crippen molar-refractivity contribution in [1.29, 1.82) is 0 Å². The number of nitrogens with zero attached hydrogens (tertiary/aromatic N) is 1. The minimum Gasteiger partial charge on any atom is -0.497 e. The molecule has 1 heterocycles. The predicted molar refractivity (Wildman–Crippen MR) is 130 cm³/mol. The Hall–Kier alpha value is -3.62. The molecule has 0 aromatic heterocycles. The topological polar surface area (TPSA) is 84.9 Å². The molecule has 0 aliphatic carbocycles. The van der Waals surface area contributed by atoms with E-state index < -0.39 is 21.7 Å². The molecule has 0 saturated heterocycles. The van der Waals surface area contributed by atoms with Crippen LogP contribution < -0.4 is 9.46 Å². The molecule has 3 aromatic rings. The monoisotopic (exact) mass is 478 g/mol. The van der Waals surface area contributed by atoms with E-state index in [-0.39, 0.29) is 13.2 Å². The van der Waals surface area contributed by atoms with Crippen molar-refractivity contribution < 1.29 is 22.7 Å². The van der Waals surface area contributed by atoms with Crippen LogP contribution in [0.5, 0.6) is 5.75 Å². The third-order valence-electron chi connectivity index (χ3n) is 5.56. The molecule has 1 aliphatic rings. The standard InChI is InChI=1S/C26H26N2O5S/c1-3-33-25(29)26(22-15-10-16-23(17-22)32-2)18-24(21-13-8-5-9-14-21)28(34(30,31)27-26)19-20-11-6-4-7-12-20/h4-18,27H,3,19H2,1-2H3/t26-/m0/s1. The largest absolute Gasteiger partial charge is 0.497 e. The van der Waals surface area contributed by atoms with Crippen LogP contribution in [0.1, 0.15) is 23.6 Å². The van der Waals surface area contributed by atoms with Crippen molar-refractivity contribution in [1.82, 2.24) is 9.03 Å². The third-order valence-corrected chi connectivity index (χ3v) is 7.05. The number of methoxy groups -OCH3 is 1. The van der Waals surface area contributed by atoms with Crippen LogP contribution in [-0.2, 0) is 31.8 Å². The number of benzene rings is 3. The van der Waals surface area contributed by atoms with Gasteiger partial charge in [0.2, 0.25) is 0 Å².